The van der Waals surface area contributed by atoms with Crippen molar-refractivity contribution in [2.75, 3.05) is 13.2 Å². The van der Waals surface area contributed by atoms with Crippen LogP contribution in [0.4, 0.5) is 0 Å². The van der Waals surface area contributed by atoms with Crippen LogP contribution in [0.15, 0.2) is 23.0 Å². The molecule has 2 aromatic heterocycles. The molecule has 2 saturated carbocycles. The molecule has 9 heteroatoms. The van der Waals surface area contributed by atoms with Crippen LogP contribution in [0.3, 0.4) is 0 Å². The van der Waals surface area contributed by atoms with Crippen LogP contribution in [0.25, 0.3) is 10.9 Å². The number of tetrazole rings is 1. The number of ether oxygens (including phenoxy) is 2. The summed E-state index contributed by atoms with van der Waals surface area (Å²) in [6.45, 7) is 3.84. The predicted octanol–water partition coefficient (Wildman–Crippen LogP) is 4.30. The number of nitrogens with one attached hydrogen (secondary N) is 1. The van der Waals surface area contributed by atoms with Gasteiger partial charge in [-0.3, -0.25) is 9.69 Å². The summed E-state index contributed by atoms with van der Waals surface area (Å²) in [6, 6.07) is 6.74. The molecule has 0 amide bonds. The first-order valence-corrected chi connectivity index (χ1v) is 13.2. The average Bonchev–Trinajstić information content (AvgIpc) is 3.66. The minimum absolute atomic E-state index is 0.0533. The lowest BCUT2D eigenvalue weighted by molar-refractivity contribution is 0.110. The summed E-state index contributed by atoms with van der Waals surface area (Å²) in [7, 11) is 0. The summed E-state index contributed by atoms with van der Waals surface area (Å²) in [5.41, 5.74) is 1.48. The van der Waals surface area contributed by atoms with Crippen molar-refractivity contribution in [3.8, 4) is 11.5 Å². The number of H-pyrrole nitrogens is 1. The van der Waals surface area contributed by atoms with Gasteiger partial charge < -0.3 is 14.5 Å². The quantitative estimate of drug-likeness (QED) is 0.541. The van der Waals surface area contributed by atoms with Crippen LogP contribution in [0.1, 0.15) is 88.2 Å². The molecule has 2 aliphatic carbocycles. The van der Waals surface area contributed by atoms with Crippen LogP contribution in [0.2, 0.25) is 0 Å². The fourth-order valence-corrected chi connectivity index (χ4v) is 6.23. The van der Waals surface area contributed by atoms with E-state index in [1.807, 2.05) is 18.2 Å². The molecule has 1 aliphatic heterocycles. The molecule has 0 saturated heterocycles. The van der Waals surface area contributed by atoms with Gasteiger partial charge in [-0.15, -0.1) is 5.10 Å². The van der Waals surface area contributed by atoms with E-state index in [0.29, 0.717) is 37.6 Å². The van der Waals surface area contributed by atoms with E-state index in [1.54, 1.807) is 0 Å². The van der Waals surface area contributed by atoms with Crippen LogP contribution in [0, 0.1) is 0 Å². The third kappa shape index (κ3) is 4.30. The Morgan fingerprint density at radius 3 is 2.51 bits per heavy atom. The highest BCUT2D eigenvalue weighted by Crippen LogP contribution is 2.37. The number of aromatic nitrogens is 5. The van der Waals surface area contributed by atoms with E-state index in [0.717, 1.165) is 60.1 Å². The highest BCUT2D eigenvalue weighted by atomic mass is 16.6. The molecule has 1 atom stereocenters. The highest BCUT2D eigenvalue weighted by Gasteiger charge is 2.34. The lowest BCUT2D eigenvalue weighted by Gasteiger charge is -2.35. The van der Waals surface area contributed by atoms with Gasteiger partial charge in [-0.2, -0.15) is 0 Å². The summed E-state index contributed by atoms with van der Waals surface area (Å²) >= 11 is 0. The largest absolute Gasteiger partial charge is 0.486 e. The van der Waals surface area contributed by atoms with Gasteiger partial charge in [0.1, 0.15) is 13.2 Å². The lowest BCUT2D eigenvalue weighted by atomic mass is 10.0. The molecule has 1 unspecified atom stereocenters. The number of rotatable bonds is 7. The fraction of sp³-hybridized carbons (Fsp3) is 0.615. The van der Waals surface area contributed by atoms with Crippen LogP contribution < -0.4 is 15.0 Å². The third-order valence-electron chi connectivity index (χ3n) is 8.00. The minimum atomic E-state index is -0.0533. The predicted molar refractivity (Wildman–Crippen MR) is 132 cm³/mol. The van der Waals surface area contributed by atoms with Gasteiger partial charge in [0, 0.05) is 29.6 Å². The van der Waals surface area contributed by atoms with Gasteiger partial charge in [-0.25, -0.2) is 4.68 Å². The molecule has 35 heavy (non-hydrogen) atoms. The molecule has 1 aromatic carbocycles. The van der Waals surface area contributed by atoms with Gasteiger partial charge >= 0.3 is 0 Å². The molecule has 0 bridgehead atoms. The number of nitrogens with zero attached hydrogens (tertiary/aromatic N) is 5. The summed E-state index contributed by atoms with van der Waals surface area (Å²) in [4.78, 5) is 18.8. The van der Waals surface area contributed by atoms with Crippen molar-refractivity contribution < 1.29 is 9.47 Å². The first-order chi connectivity index (χ1) is 17.2. The maximum absolute atomic E-state index is 13.2. The zero-order chi connectivity index (χ0) is 23.8. The Morgan fingerprint density at radius 2 is 1.77 bits per heavy atom. The minimum Gasteiger partial charge on any atom is -0.486 e. The zero-order valence-corrected chi connectivity index (χ0v) is 20.4. The molecular weight excluding hydrogens is 444 g/mol. The molecule has 1 N–H and O–H groups in total. The summed E-state index contributed by atoms with van der Waals surface area (Å²) in [5.74, 6) is 2.37. The Balaban J connectivity index is 1.36. The number of fused-ring (bicyclic) bond motifs is 2. The van der Waals surface area contributed by atoms with E-state index in [-0.39, 0.29) is 11.6 Å². The molecule has 0 spiro atoms. The SMILES string of the molecule is CCC(c1nnnn1C1CCCC1)N(Cc1cc2cc3c(cc2[nH]c1=O)OCCO3)C1CCCC1. The monoisotopic (exact) mass is 478 g/mol. The Bertz CT molecular complexity index is 1240. The van der Waals surface area contributed by atoms with E-state index in [2.05, 4.69) is 37.0 Å². The first-order valence-electron chi connectivity index (χ1n) is 13.2. The van der Waals surface area contributed by atoms with Crippen molar-refractivity contribution in [2.45, 2.75) is 89.4 Å². The second kappa shape index (κ2) is 9.60. The van der Waals surface area contributed by atoms with E-state index < -0.39 is 0 Å². The molecule has 0 radical (unpaired) electrons. The molecule has 6 rings (SSSR count). The van der Waals surface area contributed by atoms with Crippen molar-refractivity contribution in [3.63, 3.8) is 0 Å². The van der Waals surface area contributed by atoms with Gasteiger partial charge in [-0.1, -0.05) is 32.6 Å². The number of benzene rings is 1. The van der Waals surface area contributed by atoms with E-state index in [4.69, 9.17) is 9.47 Å². The van der Waals surface area contributed by atoms with Crippen molar-refractivity contribution in [1.29, 1.82) is 0 Å². The number of aromatic amines is 1. The van der Waals surface area contributed by atoms with Gasteiger partial charge in [0.05, 0.1) is 17.6 Å². The van der Waals surface area contributed by atoms with E-state index in [1.165, 1.54) is 25.7 Å². The van der Waals surface area contributed by atoms with Crippen LogP contribution in [-0.2, 0) is 6.54 Å². The van der Waals surface area contributed by atoms with Crippen molar-refractivity contribution in [3.05, 3.63) is 39.9 Å². The smallest absolute Gasteiger partial charge is 0.252 e. The van der Waals surface area contributed by atoms with E-state index >= 15 is 0 Å². The Labute approximate surface area is 204 Å². The molecule has 2 fully saturated rings. The molecule has 3 aromatic rings. The fourth-order valence-electron chi connectivity index (χ4n) is 6.23. The summed E-state index contributed by atoms with van der Waals surface area (Å²) in [5, 5.41) is 14.0. The molecular formula is C26H34N6O3. The first kappa shape index (κ1) is 22.5. The van der Waals surface area contributed by atoms with Crippen molar-refractivity contribution in [2.24, 2.45) is 0 Å². The maximum Gasteiger partial charge on any atom is 0.252 e. The molecule has 186 valence electrons. The average molecular weight is 479 g/mol. The van der Waals surface area contributed by atoms with Gasteiger partial charge in [-0.05, 0) is 54.7 Å². The topological polar surface area (TPSA) is 98.2 Å². The van der Waals surface area contributed by atoms with Crippen LogP contribution in [0.5, 0.6) is 11.5 Å². The second-order valence-electron chi connectivity index (χ2n) is 10.2. The maximum atomic E-state index is 13.2. The van der Waals surface area contributed by atoms with Crippen LogP contribution >= 0.6 is 0 Å². The number of hydrogen-bond acceptors (Lipinski definition) is 7. The van der Waals surface area contributed by atoms with Crippen molar-refractivity contribution >= 4 is 10.9 Å². The third-order valence-corrected chi connectivity index (χ3v) is 8.00. The summed E-state index contributed by atoms with van der Waals surface area (Å²) < 4.78 is 13.6. The Morgan fingerprint density at radius 1 is 1.06 bits per heavy atom. The molecule has 9 nitrogen and oxygen atoms in total. The molecule has 3 heterocycles. The number of pyridine rings is 1. The van der Waals surface area contributed by atoms with Crippen molar-refractivity contribution in [1.82, 2.24) is 30.1 Å². The molecule has 3 aliphatic rings. The number of hydrogen-bond donors (Lipinski definition) is 1. The lowest BCUT2D eigenvalue weighted by Crippen LogP contribution is -2.39. The standard InChI is InChI=1S/C26H34N6O3/c1-2-22(25-28-29-30-32(25)20-9-5-6-10-20)31(19-7-3-4-8-19)16-18-13-17-14-23-24(35-12-11-34-23)15-21(17)27-26(18)33/h13-15,19-20,22H,2-12,16H2,1H3,(H,27,33). The van der Waals surface area contributed by atoms with E-state index in [9.17, 15) is 4.79 Å². The van der Waals surface area contributed by atoms with Gasteiger partial charge in [0.25, 0.3) is 5.56 Å². The van der Waals surface area contributed by atoms with Gasteiger partial charge in [0.15, 0.2) is 17.3 Å². The highest BCUT2D eigenvalue weighted by molar-refractivity contribution is 5.83. The van der Waals surface area contributed by atoms with Gasteiger partial charge in [0.2, 0.25) is 0 Å². The second-order valence-corrected chi connectivity index (χ2v) is 10.2. The van der Waals surface area contributed by atoms with Crippen LogP contribution in [-0.4, -0.2) is 49.3 Å². The summed E-state index contributed by atoms with van der Waals surface area (Å²) in [6.07, 6.45) is 10.4. The Hall–Kier alpha value is -2.94. The zero-order valence-electron chi connectivity index (χ0n) is 20.4. The Kier molecular flexibility index (Phi) is 6.18. The normalized spacial score (nSPS) is 19.7.